The summed E-state index contributed by atoms with van der Waals surface area (Å²) in [4.78, 5) is 22.5. The molecule has 0 unspecified atom stereocenters. The number of amides is 1. The van der Waals surface area contributed by atoms with Gasteiger partial charge in [0.25, 0.3) is 5.91 Å². The van der Waals surface area contributed by atoms with Crippen LogP contribution in [-0.2, 0) is 10.0 Å². The minimum absolute atomic E-state index is 0.0304. The van der Waals surface area contributed by atoms with Gasteiger partial charge in [0.15, 0.2) is 5.13 Å². The van der Waals surface area contributed by atoms with Gasteiger partial charge in [-0.15, -0.1) is 0 Å². The van der Waals surface area contributed by atoms with Crippen molar-refractivity contribution in [3.63, 3.8) is 0 Å². The summed E-state index contributed by atoms with van der Waals surface area (Å²) in [6.07, 6.45) is 5.82. The Morgan fingerprint density at radius 2 is 1.74 bits per heavy atom. The Morgan fingerprint density at radius 3 is 2.39 bits per heavy atom. The maximum Gasteiger partial charge on any atom is 0.260 e. The lowest BCUT2D eigenvalue weighted by atomic mass is 9.96. The first-order valence-electron chi connectivity index (χ1n) is 13.3. The van der Waals surface area contributed by atoms with Crippen LogP contribution >= 0.6 is 11.3 Å². The van der Waals surface area contributed by atoms with E-state index in [2.05, 4.69) is 4.90 Å². The van der Waals surface area contributed by atoms with Crippen molar-refractivity contribution >= 4 is 42.6 Å². The lowest BCUT2D eigenvalue weighted by Gasteiger charge is -2.30. The summed E-state index contributed by atoms with van der Waals surface area (Å²) >= 11 is 1.45. The van der Waals surface area contributed by atoms with E-state index in [0.29, 0.717) is 29.6 Å². The minimum Gasteiger partial charge on any atom is -0.492 e. The molecule has 0 atom stereocenters. The first kappa shape index (κ1) is 28.5. The zero-order valence-corrected chi connectivity index (χ0v) is 24.4. The number of sulfonamides is 1. The molecule has 0 bridgehead atoms. The highest BCUT2D eigenvalue weighted by molar-refractivity contribution is 7.89. The molecule has 0 N–H and O–H groups in total. The van der Waals surface area contributed by atoms with Gasteiger partial charge in [0.1, 0.15) is 11.3 Å². The van der Waals surface area contributed by atoms with Crippen LogP contribution in [0.5, 0.6) is 5.75 Å². The van der Waals surface area contributed by atoms with Crippen molar-refractivity contribution in [2.24, 2.45) is 0 Å². The summed E-state index contributed by atoms with van der Waals surface area (Å²) in [5, 5.41) is 0.602. The van der Waals surface area contributed by atoms with E-state index in [1.807, 2.05) is 39.2 Å². The lowest BCUT2D eigenvalue weighted by molar-refractivity contribution is 0.0986. The third kappa shape index (κ3) is 6.36. The number of nitrogens with zero attached hydrogens (tertiary/aromatic N) is 4. The highest BCUT2D eigenvalue weighted by Gasteiger charge is 2.29. The number of carbonyl (C=O) groups is 1. The summed E-state index contributed by atoms with van der Waals surface area (Å²) in [7, 11) is 2.04. The summed E-state index contributed by atoms with van der Waals surface area (Å²) in [5.41, 5.74) is 1.17. The number of aromatic nitrogens is 1. The number of carbonyl (C=O) groups excluding carboxylic acids is 1. The average Bonchev–Trinajstić information content (AvgIpc) is 3.36. The Hall–Kier alpha value is -2.53. The highest BCUT2D eigenvalue weighted by atomic mass is 32.2. The molecule has 0 saturated heterocycles. The molecule has 0 aliphatic heterocycles. The van der Waals surface area contributed by atoms with Crippen LogP contribution in [0.3, 0.4) is 0 Å². The molecule has 1 heterocycles. The fourth-order valence-corrected chi connectivity index (χ4v) is 7.28. The second-order valence-corrected chi connectivity index (χ2v) is 13.0. The number of hydrogen-bond acceptors (Lipinski definition) is 7. The first-order valence-corrected chi connectivity index (χ1v) is 15.5. The predicted molar refractivity (Wildman–Crippen MR) is 154 cm³/mol. The average molecular weight is 559 g/mol. The van der Waals surface area contributed by atoms with Gasteiger partial charge in [-0.2, -0.15) is 4.31 Å². The number of ether oxygens (including phenoxy) is 1. The number of fused-ring (bicyclic) bond motifs is 1. The topological polar surface area (TPSA) is 83.0 Å². The Labute approximate surface area is 230 Å². The fourth-order valence-electron chi connectivity index (χ4n) is 4.86. The normalized spacial score (nSPS) is 14.9. The van der Waals surface area contributed by atoms with Gasteiger partial charge in [-0.1, -0.05) is 36.7 Å². The number of rotatable bonds is 11. The molecular weight excluding hydrogens is 520 g/mol. The molecule has 4 rings (SSSR count). The SMILES string of the molecule is CCOc1cccc2sc(N(CCCN(C)C)C(=O)c3ccc(S(=O)(=O)N(C)C4CCCCC4)cc3)nc12. The van der Waals surface area contributed by atoms with Gasteiger partial charge in [0.05, 0.1) is 16.2 Å². The molecular formula is C28H38N4O4S2. The van der Waals surface area contributed by atoms with Crippen LogP contribution < -0.4 is 9.64 Å². The molecule has 1 fully saturated rings. The Kier molecular flexibility index (Phi) is 9.40. The van der Waals surface area contributed by atoms with E-state index in [1.54, 1.807) is 36.2 Å². The highest BCUT2D eigenvalue weighted by Crippen LogP contribution is 2.35. The Bertz CT molecular complexity index is 1330. The predicted octanol–water partition coefficient (Wildman–Crippen LogP) is 5.25. The first-order chi connectivity index (χ1) is 18.2. The van der Waals surface area contributed by atoms with E-state index in [0.717, 1.165) is 55.3 Å². The zero-order valence-electron chi connectivity index (χ0n) is 22.7. The lowest BCUT2D eigenvalue weighted by Crippen LogP contribution is -2.38. The summed E-state index contributed by atoms with van der Waals surface area (Å²) in [6, 6.07) is 12.1. The number of benzene rings is 2. The van der Waals surface area contributed by atoms with Crippen LogP contribution in [0.15, 0.2) is 47.4 Å². The van der Waals surface area contributed by atoms with Crippen molar-refractivity contribution < 1.29 is 17.9 Å². The maximum absolute atomic E-state index is 13.7. The largest absolute Gasteiger partial charge is 0.492 e. The van der Waals surface area contributed by atoms with E-state index in [4.69, 9.17) is 9.72 Å². The number of hydrogen-bond donors (Lipinski definition) is 0. The molecule has 1 amide bonds. The van der Waals surface area contributed by atoms with Crippen LogP contribution in [0, 0.1) is 0 Å². The smallest absolute Gasteiger partial charge is 0.260 e. The van der Waals surface area contributed by atoms with Crippen LogP contribution in [-0.4, -0.2) is 75.4 Å². The Morgan fingerprint density at radius 1 is 1.03 bits per heavy atom. The van der Waals surface area contributed by atoms with Crippen LogP contribution in [0.1, 0.15) is 55.8 Å². The summed E-state index contributed by atoms with van der Waals surface area (Å²) in [6.45, 7) is 3.78. The van der Waals surface area contributed by atoms with Gasteiger partial charge in [-0.05, 0) is 83.2 Å². The van der Waals surface area contributed by atoms with Crippen LogP contribution in [0.4, 0.5) is 5.13 Å². The van der Waals surface area contributed by atoms with Gasteiger partial charge in [-0.3, -0.25) is 9.69 Å². The number of para-hydroxylation sites is 1. The third-order valence-electron chi connectivity index (χ3n) is 7.00. The van der Waals surface area contributed by atoms with Crippen molar-refractivity contribution in [3.8, 4) is 5.75 Å². The third-order valence-corrected chi connectivity index (χ3v) is 9.97. The van der Waals surface area contributed by atoms with E-state index < -0.39 is 10.0 Å². The maximum atomic E-state index is 13.7. The van der Waals surface area contributed by atoms with Crippen molar-refractivity contribution in [2.45, 2.75) is 56.4 Å². The molecule has 0 spiro atoms. The quantitative estimate of drug-likeness (QED) is 0.320. The van der Waals surface area contributed by atoms with Gasteiger partial charge >= 0.3 is 0 Å². The Balaban J connectivity index is 1.60. The summed E-state index contributed by atoms with van der Waals surface area (Å²) < 4.78 is 34.7. The van der Waals surface area contributed by atoms with E-state index in [-0.39, 0.29) is 16.8 Å². The van der Waals surface area contributed by atoms with Crippen molar-refractivity contribution in [1.82, 2.24) is 14.2 Å². The molecule has 206 valence electrons. The summed E-state index contributed by atoms with van der Waals surface area (Å²) in [5.74, 6) is 0.496. The van der Waals surface area contributed by atoms with Crippen molar-refractivity contribution in [1.29, 1.82) is 0 Å². The monoisotopic (exact) mass is 558 g/mol. The molecule has 1 aromatic heterocycles. The molecule has 1 aliphatic rings. The van der Waals surface area contributed by atoms with Crippen LogP contribution in [0.2, 0.25) is 0 Å². The van der Waals surface area contributed by atoms with Gasteiger partial charge in [0.2, 0.25) is 10.0 Å². The van der Waals surface area contributed by atoms with Gasteiger partial charge in [-0.25, -0.2) is 13.4 Å². The zero-order chi connectivity index (χ0) is 27.3. The second kappa shape index (κ2) is 12.5. The van der Waals surface area contributed by atoms with Gasteiger partial charge < -0.3 is 9.64 Å². The molecule has 2 aromatic carbocycles. The van der Waals surface area contributed by atoms with E-state index in [9.17, 15) is 13.2 Å². The van der Waals surface area contributed by atoms with Crippen molar-refractivity contribution in [2.75, 3.05) is 45.7 Å². The number of anilines is 1. The number of thiazole rings is 1. The molecule has 1 saturated carbocycles. The van der Waals surface area contributed by atoms with E-state index in [1.165, 1.54) is 15.6 Å². The molecule has 1 aliphatic carbocycles. The molecule has 38 heavy (non-hydrogen) atoms. The molecule has 3 aromatic rings. The van der Waals surface area contributed by atoms with Crippen LogP contribution in [0.25, 0.3) is 10.2 Å². The van der Waals surface area contributed by atoms with Gasteiger partial charge in [0, 0.05) is 25.2 Å². The van der Waals surface area contributed by atoms with E-state index >= 15 is 0 Å². The fraction of sp³-hybridized carbons (Fsp3) is 0.500. The standard InChI is InChI=1S/C28H38N4O4S2/c1-5-36-24-13-9-14-25-26(24)29-28(37-25)32(20-10-19-30(2)3)27(33)21-15-17-23(18-16-21)38(34,35)31(4)22-11-7-6-8-12-22/h9,13-18,22H,5-8,10-12,19-20H2,1-4H3. The molecule has 10 heteroatoms. The van der Waals surface area contributed by atoms with Crippen molar-refractivity contribution in [3.05, 3.63) is 48.0 Å². The molecule has 8 nitrogen and oxygen atoms in total. The molecule has 0 radical (unpaired) electrons. The minimum atomic E-state index is -3.63. The second-order valence-electron chi connectivity index (χ2n) is 9.98.